The van der Waals surface area contributed by atoms with Gasteiger partial charge in [0.05, 0.1) is 11.6 Å². The number of hydrogen-bond acceptors (Lipinski definition) is 5. The first kappa shape index (κ1) is 20.6. The molecule has 0 spiro atoms. The molecule has 0 aliphatic carbocycles. The van der Waals surface area contributed by atoms with Crippen LogP contribution in [0.15, 0.2) is 65.6 Å². The Morgan fingerprint density at radius 2 is 1.85 bits per heavy atom. The second-order valence-electron chi connectivity index (χ2n) is 8.45. The lowest BCUT2D eigenvalue weighted by atomic mass is 9.83. The number of carbonyl (C=O) groups excluding carboxylic acids is 2. The standard InChI is InChI=1S/C25H21N5O3/c26-12-16-4-6-18(7-5-16)23(31)28-21-8-9-22-19-11-17(14-30(22)25(21)33)13-29(15-19)24(32)20-3-1-2-10-27-20/h1-10,17,19H,11,13-15H2,(H,28,31)/t17-,19+/m0/s1. The van der Waals surface area contributed by atoms with Gasteiger partial charge in [0, 0.05) is 43.0 Å². The second-order valence-corrected chi connectivity index (χ2v) is 8.45. The number of hydrogen-bond donors (Lipinski definition) is 1. The number of likely N-dealkylation sites (tertiary alicyclic amines) is 1. The number of anilines is 1. The Bertz CT molecular complexity index is 1320. The molecule has 1 saturated heterocycles. The van der Waals surface area contributed by atoms with Crippen LogP contribution in [0.2, 0.25) is 0 Å². The molecule has 8 nitrogen and oxygen atoms in total. The van der Waals surface area contributed by atoms with Crippen molar-refractivity contribution in [3.8, 4) is 6.07 Å². The number of benzene rings is 1. The maximum absolute atomic E-state index is 13.2. The zero-order valence-electron chi connectivity index (χ0n) is 17.8. The highest BCUT2D eigenvalue weighted by Gasteiger charge is 2.37. The number of nitriles is 1. The third-order valence-electron chi connectivity index (χ3n) is 6.30. The van der Waals surface area contributed by atoms with E-state index in [4.69, 9.17) is 5.26 Å². The Labute approximate surface area is 190 Å². The monoisotopic (exact) mass is 439 g/mol. The molecule has 5 rings (SSSR count). The first-order valence-electron chi connectivity index (χ1n) is 10.8. The molecule has 2 amide bonds. The van der Waals surface area contributed by atoms with Gasteiger partial charge in [-0.3, -0.25) is 19.4 Å². The van der Waals surface area contributed by atoms with Crippen molar-refractivity contribution >= 4 is 17.5 Å². The SMILES string of the molecule is N#Cc1ccc(C(=O)Nc2ccc3n(c2=O)C[C@H]2C[C@@H]3CN(C(=O)c3ccccn3)C2)cc1. The van der Waals surface area contributed by atoms with Crippen LogP contribution in [0.4, 0.5) is 5.69 Å². The van der Waals surface area contributed by atoms with Gasteiger partial charge in [0.2, 0.25) is 0 Å². The molecule has 2 atom stereocenters. The molecule has 2 aliphatic heterocycles. The van der Waals surface area contributed by atoms with Crippen molar-refractivity contribution in [2.75, 3.05) is 18.4 Å². The topological polar surface area (TPSA) is 108 Å². The molecule has 2 aromatic heterocycles. The molecular formula is C25H21N5O3. The van der Waals surface area contributed by atoms with Gasteiger partial charge in [-0.05, 0) is 60.9 Å². The normalized spacial score (nSPS) is 18.7. The average molecular weight is 439 g/mol. The van der Waals surface area contributed by atoms with Gasteiger partial charge in [-0.1, -0.05) is 6.07 Å². The predicted octanol–water partition coefficient (Wildman–Crippen LogP) is 2.63. The molecule has 4 heterocycles. The minimum Gasteiger partial charge on any atom is -0.336 e. The van der Waals surface area contributed by atoms with E-state index in [0.29, 0.717) is 36.5 Å². The summed E-state index contributed by atoms with van der Waals surface area (Å²) in [5, 5.41) is 11.6. The number of aromatic nitrogens is 2. The summed E-state index contributed by atoms with van der Waals surface area (Å²) in [5.74, 6) is -0.278. The van der Waals surface area contributed by atoms with E-state index in [-0.39, 0.29) is 29.0 Å². The fraction of sp³-hybridized carbons (Fsp3) is 0.240. The molecule has 1 fully saturated rings. The number of nitrogens with zero attached hydrogens (tertiary/aromatic N) is 4. The van der Waals surface area contributed by atoms with Crippen LogP contribution in [0.25, 0.3) is 0 Å². The summed E-state index contributed by atoms with van der Waals surface area (Å²) in [6, 6.07) is 17.0. The third kappa shape index (κ3) is 3.89. The van der Waals surface area contributed by atoms with Gasteiger partial charge in [0.15, 0.2) is 0 Å². The zero-order chi connectivity index (χ0) is 22.9. The lowest BCUT2D eigenvalue weighted by molar-refractivity contribution is 0.0588. The predicted molar refractivity (Wildman–Crippen MR) is 121 cm³/mol. The molecule has 2 aliphatic rings. The molecule has 0 radical (unpaired) electrons. The maximum atomic E-state index is 13.2. The first-order valence-corrected chi connectivity index (χ1v) is 10.8. The van der Waals surface area contributed by atoms with Gasteiger partial charge < -0.3 is 14.8 Å². The molecular weight excluding hydrogens is 418 g/mol. The second kappa shape index (κ2) is 8.36. The Morgan fingerprint density at radius 1 is 1.03 bits per heavy atom. The van der Waals surface area contributed by atoms with E-state index >= 15 is 0 Å². The summed E-state index contributed by atoms with van der Waals surface area (Å²) in [6.45, 7) is 1.60. The minimum absolute atomic E-state index is 0.0566. The molecule has 33 heavy (non-hydrogen) atoms. The number of nitrogens with one attached hydrogen (secondary N) is 1. The van der Waals surface area contributed by atoms with Crippen molar-refractivity contribution in [3.63, 3.8) is 0 Å². The summed E-state index contributed by atoms with van der Waals surface area (Å²) in [7, 11) is 0. The number of piperidine rings is 1. The van der Waals surface area contributed by atoms with E-state index < -0.39 is 5.91 Å². The highest BCUT2D eigenvalue weighted by molar-refractivity contribution is 6.04. The number of rotatable bonds is 3. The van der Waals surface area contributed by atoms with E-state index in [9.17, 15) is 14.4 Å². The van der Waals surface area contributed by atoms with Crippen molar-refractivity contribution in [2.45, 2.75) is 18.9 Å². The molecule has 3 aromatic rings. The van der Waals surface area contributed by atoms with Gasteiger partial charge >= 0.3 is 0 Å². The van der Waals surface area contributed by atoms with Crippen LogP contribution in [-0.4, -0.2) is 39.4 Å². The Morgan fingerprint density at radius 3 is 2.58 bits per heavy atom. The first-order chi connectivity index (χ1) is 16.0. The van der Waals surface area contributed by atoms with Crippen LogP contribution < -0.4 is 10.9 Å². The summed E-state index contributed by atoms with van der Waals surface area (Å²) in [5.41, 5.74) is 2.12. The largest absolute Gasteiger partial charge is 0.336 e. The van der Waals surface area contributed by atoms with Gasteiger partial charge in [-0.15, -0.1) is 0 Å². The van der Waals surface area contributed by atoms with Crippen molar-refractivity contribution in [2.24, 2.45) is 5.92 Å². The molecule has 1 N–H and O–H groups in total. The fourth-order valence-corrected chi connectivity index (χ4v) is 4.75. The van der Waals surface area contributed by atoms with Crippen molar-refractivity contribution in [1.82, 2.24) is 14.5 Å². The van der Waals surface area contributed by atoms with E-state index in [2.05, 4.69) is 10.3 Å². The van der Waals surface area contributed by atoms with E-state index in [0.717, 1.165) is 12.1 Å². The number of pyridine rings is 2. The van der Waals surface area contributed by atoms with Crippen LogP contribution in [0.3, 0.4) is 0 Å². The van der Waals surface area contributed by atoms with E-state index in [1.807, 2.05) is 17.0 Å². The Hall–Kier alpha value is -4.25. The molecule has 0 saturated carbocycles. The van der Waals surface area contributed by atoms with Gasteiger partial charge in [-0.25, -0.2) is 0 Å². The average Bonchev–Trinajstić information content (AvgIpc) is 2.86. The number of amides is 2. The summed E-state index contributed by atoms with van der Waals surface area (Å²) < 4.78 is 1.73. The summed E-state index contributed by atoms with van der Waals surface area (Å²) in [6.07, 6.45) is 2.53. The molecule has 8 heteroatoms. The van der Waals surface area contributed by atoms with E-state index in [1.165, 1.54) is 0 Å². The van der Waals surface area contributed by atoms with Gasteiger partial charge in [0.1, 0.15) is 11.4 Å². The third-order valence-corrected chi connectivity index (χ3v) is 6.30. The van der Waals surface area contributed by atoms with Gasteiger partial charge in [0.25, 0.3) is 17.4 Å². The van der Waals surface area contributed by atoms with Crippen LogP contribution in [-0.2, 0) is 6.54 Å². The maximum Gasteiger partial charge on any atom is 0.274 e. The fourth-order valence-electron chi connectivity index (χ4n) is 4.75. The van der Waals surface area contributed by atoms with Crippen LogP contribution in [0.1, 0.15) is 44.4 Å². The molecule has 0 unspecified atom stereocenters. The number of fused-ring (bicyclic) bond motifs is 4. The Kier molecular flexibility index (Phi) is 5.23. The van der Waals surface area contributed by atoms with Crippen LogP contribution in [0.5, 0.6) is 0 Å². The van der Waals surface area contributed by atoms with Crippen molar-refractivity contribution in [3.05, 3.63) is 93.7 Å². The zero-order valence-corrected chi connectivity index (χ0v) is 17.8. The number of carbonyl (C=O) groups is 2. The molecule has 2 bridgehead atoms. The quantitative estimate of drug-likeness (QED) is 0.675. The van der Waals surface area contributed by atoms with Crippen LogP contribution >= 0.6 is 0 Å². The highest BCUT2D eigenvalue weighted by atomic mass is 16.2. The van der Waals surface area contributed by atoms with Crippen LogP contribution in [0, 0.1) is 17.2 Å². The van der Waals surface area contributed by atoms with Crippen molar-refractivity contribution < 1.29 is 9.59 Å². The van der Waals surface area contributed by atoms with E-state index in [1.54, 1.807) is 59.3 Å². The van der Waals surface area contributed by atoms with Gasteiger partial charge in [-0.2, -0.15) is 5.26 Å². The summed E-state index contributed by atoms with van der Waals surface area (Å²) >= 11 is 0. The molecule has 164 valence electrons. The van der Waals surface area contributed by atoms with Crippen molar-refractivity contribution in [1.29, 1.82) is 5.26 Å². The Balaban J connectivity index is 1.36. The highest BCUT2D eigenvalue weighted by Crippen LogP contribution is 2.35. The lowest BCUT2D eigenvalue weighted by Crippen LogP contribution is -2.49. The molecule has 1 aromatic carbocycles. The smallest absolute Gasteiger partial charge is 0.274 e. The lowest BCUT2D eigenvalue weighted by Gasteiger charge is -2.42. The summed E-state index contributed by atoms with van der Waals surface area (Å²) in [4.78, 5) is 44.7. The minimum atomic E-state index is -0.403.